The molecule has 7 heteroatoms. The van der Waals surface area contributed by atoms with Gasteiger partial charge in [-0.05, 0) is 38.0 Å². The fraction of sp³-hybridized carbons (Fsp3) is 0.929. The lowest BCUT2D eigenvalue weighted by atomic mass is 9.88. The van der Waals surface area contributed by atoms with Crippen molar-refractivity contribution in [3.8, 4) is 0 Å². The van der Waals surface area contributed by atoms with Gasteiger partial charge in [-0.3, -0.25) is 9.69 Å². The fourth-order valence-electron chi connectivity index (χ4n) is 3.70. The Bertz CT molecular complexity index is 348. The quantitative estimate of drug-likeness (QED) is 0.735. The monoisotopic (exact) mass is 309 g/mol. The molecule has 0 aliphatic carbocycles. The highest BCUT2D eigenvalue weighted by molar-refractivity contribution is 5.67. The number of carboxylic acids is 1. The van der Waals surface area contributed by atoms with Gasteiger partial charge in [0.2, 0.25) is 0 Å². The molecule has 2 saturated heterocycles. The van der Waals surface area contributed by atoms with E-state index >= 15 is 0 Å². The molecular weight excluding hydrogens is 287 g/mol. The van der Waals surface area contributed by atoms with Gasteiger partial charge in [-0.2, -0.15) is 13.2 Å². The van der Waals surface area contributed by atoms with Crippen LogP contribution in [0.2, 0.25) is 0 Å². The van der Waals surface area contributed by atoms with E-state index in [1.54, 1.807) is 0 Å². The van der Waals surface area contributed by atoms with Crippen molar-refractivity contribution in [1.29, 1.82) is 0 Å². The second kappa shape index (κ2) is 6.96. The highest BCUT2D eigenvalue weighted by Gasteiger charge is 2.40. The molecule has 21 heavy (non-hydrogen) atoms. The Kier molecular flexibility index (Phi) is 5.48. The molecule has 4 nitrogen and oxygen atoms in total. The van der Waals surface area contributed by atoms with Gasteiger partial charge in [-0.15, -0.1) is 0 Å². The van der Waals surface area contributed by atoms with E-state index in [1.165, 1.54) is 0 Å². The van der Waals surface area contributed by atoms with E-state index in [0.29, 0.717) is 18.5 Å². The Morgan fingerprint density at radius 1 is 1.24 bits per heavy atom. The molecule has 2 unspecified atom stereocenters. The summed E-state index contributed by atoms with van der Waals surface area (Å²) in [6, 6.07) is 0.798. The molecule has 1 N–H and O–H groups in total. The molecule has 0 aromatic heterocycles. The van der Waals surface area contributed by atoms with Gasteiger partial charge in [0.05, 0.1) is 0 Å². The lowest BCUT2D eigenvalue weighted by Crippen LogP contribution is -2.44. The van der Waals surface area contributed by atoms with Gasteiger partial charge in [0.15, 0.2) is 0 Å². The van der Waals surface area contributed by atoms with Gasteiger partial charge in [0, 0.05) is 31.7 Å². The minimum Gasteiger partial charge on any atom is -0.481 e. The summed E-state index contributed by atoms with van der Waals surface area (Å²) in [6.45, 7) is -0.318. The fourth-order valence-corrected chi connectivity index (χ4v) is 3.70. The topological polar surface area (TPSA) is 49.8 Å². The van der Waals surface area contributed by atoms with E-state index in [0.717, 1.165) is 32.2 Å². The molecule has 0 amide bonds. The van der Waals surface area contributed by atoms with Gasteiger partial charge in [-0.1, -0.05) is 0 Å². The molecule has 2 fully saturated rings. The van der Waals surface area contributed by atoms with E-state index < -0.39 is 18.8 Å². The number of carbonyl (C=O) groups is 1. The Labute approximate surface area is 122 Å². The maximum absolute atomic E-state index is 11.9. The van der Waals surface area contributed by atoms with Crippen molar-refractivity contribution in [3.63, 3.8) is 0 Å². The smallest absolute Gasteiger partial charge is 0.411 e. The number of alkyl halides is 3. The minimum atomic E-state index is -4.26. The van der Waals surface area contributed by atoms with Crippen LogP contribution in [0.1, 0.15) is 38.5 Å². The Morgan fingerprint density at radius 3 is 2.38 bits per heavy atom. The first-order chi connectivity index (χ1) is 9.85. The number of nitrogens with zero attached hydrogens (tertiary/aromatic N) is 1. The summed E-state index contributed by atoms with van der Waals surface area (Å²) in [7, 11) is 0. The zero-order chi connectivity index (χ0) is 15.5. The van der Waals surface area contributed by atoms with Crippen LogP contribution >= 0.6 is 0 Å². The van der Waals surface area contributed by atoms with Gasteiger partial charge < -0.3 is 9.84 Å². The number of aliphatic carboxylic acids is 1. The van der Waals surface area contributed by atoms with Crippen LogP contribution in [0.15, 0.2) is 0 Å². The first kappa shape index (κ1) is 16.5. The third-order valence-corrected chi connectivity index (χ3v) is 4.42. The average molecular weight is 309 g/mol. The van der Waals surface area contributed by atoms with E-state index in [-0.39, 0.29) is 18.9 Å². The molecule has 2 aliphatic heterocycles. The summed E-state index contributed by atoms with van der Waals surface area (Å²) in [5, 5.41) is 8.87. The van der Waals surface area contributed by atoms with Gasteiger partial charge in [-0.25, -0.2) is 0 Å². The highest BCUT2D eigenvalue weighted by atomic mass is 19.4. The molecule has 0 aromatic carbocycles. The van der Waals surface area contributed by atoms with Crippen molar-refractivity contribution in [2.24, 2.45) is 5.92 Å². The van der Waals surface area contributed by atoms with Crippen LogP contribution in [-0.2, 0) is 9.53 Å². The van der Waals surface area contributed by atoms with Crippen molar-refractivity contribution in [1.82, 2.24) is 4.90 Å². The van der Waals surface area contributed by atoms with Crippen LogP contribution in [0.5, 0.6) is 0 Å². The van der Waals surface area contributed by atoms with E-state index in [9.17, 15) is 18.0 Å². The van der Waals surface area contributed by atoms with E-state index in [1.807, 2.05) is 0 Å². The lowest BCUT2D eigenvalue weighted by Gasteiger charge is -2.38. The first-order valence-corrected chi connectivity index (χ1v) is 7.47. The number of carboxylic acid groups (broad SMARTS) is 1. The summed E-state index contributed by atoms with van der Waals surface area (Å²) >= 11 is 0. The molecular formula is C14H22F3NO3. The van der Waals surface area contributed by atoms with Crippen molar-refractivity contribution in [2.45, 2.75) is 56.8 Å². The molecule has 0 saturated carbocycles. The summed E-state index contributed by atoms with van der Waals surface area (Å²) in [4.78, 5) is 13.1. The first-order valence-electron chi connectivity index (χ1n) is 7.47. The zero-order valence-electron chi connectivity index (χ0n) is 11.9. The Morgan fingerprint density at radius 2 is 1.86 bits per heavy atom. The summed E-state index contributed by atoms with van der Waals surface area (Å²) in [5.74, 6) is -0.494. The standard InChI is InChI=1S/C14H22F3NO3/c15-14(16,17)9-21-5-1-4-18-11-2-3-12(18)7-10(6-11)8-13(19)20/h10-12H,1-9H2,(H,19,20). The average Bonchev–Trinajstić information content (AvgIpc) is 2.58. The van der Waals surface area contributed by atoms with Crippen LogP contribution in [0.25, 0.3) is 0 Å². The third-order valence-electron chi connectivity index (χ3n) is 4.42. The third kappa shape index (κ3) is 5.14. The molecule has 0 spiro atoms. The second-order valence-electron chi connectivity index (χ2n) is 6.08. The van der Waals surface area contributed by atoms with Gasteiger partial charge in [0.25, 0.3) is 0 Å². The molecule has 0 radical (unpaired) electrons. The zero-order valence-corrected chi connectivity index (χ0v) is 11.9. The van der Waals surface area contributed by atoms with Crippen molar-refractivity contribution < 1.29 is 27.8 Å². The predicted octanol–water partition coefficient (Wildman–Crippen LogP) is 2.67. The summed E-state index contributed by atoms with van der Waals surface area (Å²) < 4.78 is 40.4. The summed E-state index contributed by atoms with van der Waals surface area (Å²) in [5.41, 5.74) is 0. The normalized spacial score (nSPS) is 29.8. The number of piperidine rings is 1. The number of halogens is 3. The molecule has 2 rings (SSSR count). The number of hydrogen-bond acceptors (Lipinski definition) is 3. The van der Waals surface area contributed by atoms with E-state index in [2.05, 4.69) is 9.64 Å². The number of rotatable bonds is 7. The van der Waals surface area contributed by atoms with Gasteiger partial charge >= 0.3 is 12.1 Å². The maximum atomic E-state index is 11.9. The summed E-state index contributed by atoms with van der Waals surface area (Å²) in [6.07, 6.45) is 0.503. The van der Waals surface area contributed by atoms with Crippen LogP contribution in [0.3, 0.4) is 0 Å². The van der Waals surface area contributed by atoms with Crippen molar-refractivity contribution in [3.05, 3.63) is 0 Å². The molecule has 2 atom stereocenters. The number of hydrogen-bond donors (Lipinski definition) is 1. The van der Waals surface area contributed by atoms with Crippen LogP contribution in [0.4, 0.5) is 13.2 Å². The van der Waals surface area contributed by atoms with Crippen LogP contribution < -0.4 is 0 Å². The number of ether oxygens (including phenoxy) is 1. The minimum absolute atomic E-state index is 0.119. The largest absolute Gasteiger partial charge is 0.481 e. The Hall–Kier alpha value is -0.820. The highest BCUT2D eigenvalue weighted by Crippen LogP contribution is 2.39. The number of fused-ring (bicyclic) bond motifs is 2. The molecule has 2 aliphatic rings. The molecule has 122 valence electrons. The molecule has 0 aromatic rings. The predicted molar refractivity (Wildman–Crippen MR) is 70.0 cm³/mol. The SMILES string of the molecule is O=C(O)CC1CC2CCC(C1)N2CCCOCC(F)(F)F. The lowest BCUT2D eigenvalue weighted by molar-refractivity contribution is -0.174. The van der Waals surface area contributed by atoms with Crippen molar-refractivity contribution >= 4 is 5.97 Å². The molecule has 2 bridgehead atoms. The van der Waals surface area contributed by atoms with Gasteiger partial charge in [0.1, 0.15) is 6.61 Å². The molecule has 2 heterocycles. The van der Waals surface area contributed by atoms with Crippen LogP contribution in [0, 0.1) is 5.92 Å². The van der Waals surface area contributed by atoms with E-state index in [4.69, 9.17) is 5.11 Å². The van der Waals surface area contributed by atoms with Crippen LogP contribution in [-0.4, -0.2) is 54.0 Å². The maximum Gasteiger partial charge on any atom is 0.411 e. The second-order valence-corrected chi connectivity index (χ2v) is 6.08. The van der Waals surface area contributed by atoms with Crippen molar-refractivity contribution in [2.75, 3.05) is 19.8 Å². The Balaban J connectivity index is 1.68.